The van der Waals surface area contributed by atoms with Gasteiger partial charge in [0.15, 0.2) is 6.10 Å². The molecule has 4 heteroatoms. The first kappa shape index (κ1) is 17.8. The van der Waals surface area contributed by atoms with E-state index in [0.29, 0.717) is 18.4 Å². The first-order valence-electron chi connectivity index (χ1n) is 8.56. The highest BCUT2D eigenvalue weighted by atomic mass is 16.5. The number of nitrogens with two attached hydrogens (primary N) is 1. The summed E-state index contributed by atoms with van der Waals surface area (Å²) >= 11 is 0. The van der Waals surface area contributed by atoms with Crippen LogP contribution in [0.3, 0.4) is 0 Å². The number of hydrogen-bond donors (Lipinski definition) is 2. The SMILES string of the molecule is Cc1cc(OC(C)C(=O)NC(C)(CN)C2CC2)ccc1C(C)C. The van der Waals surface area contributed by atoms with Crippen LogP contribution in [0.25, 0.3) is 0 Å². The van der Waals surface area contributed by atoms with Crippen LogP contribution < -0.4 is 15.8 Å². The van der Waals surface area contributed by atoms with Crippen LogP contribution in [0, 0.1) is 12.8 Å². The van der Waals surface area contributed by atoms with Gasteiger partial charge in [0.05, 0.1) is 5.54 Å². The number of benzene rings is 1. The largest absolute Gasteiger partial charge is 0.481 e. The highest BCUT2D eigenvalue weighted by Crippen LogP contribution is 2.39. The molecule has 1 aromatic rings. The van der Waals surface area contributed by atoms with Gasteiger partial charge in [-0.2, -0.15) is 0 Å². The van der Waals surface area contributed by atoms with Gasteiger partial charge >= 0.3 is 0 Å². The maximum Gasteiger partial charge on any atom is 0.261 e. The standard InChI is InChI=1S/C19H30N2O2/c1-12(2)17-9-8-16(10-13(17)3)23-14(4)18(22)21-19(5,11-20)15-6-7-15/h8-10,12,14-15H,6-7,11,20H2,1-5H3,(H,21,22). The van der Waals surface area contributed by atoms with Crippen molar-refractivity contribution in [2.45, 2.75) is 65.0 Å². The lowest BCUT2D eigenvalue weighted by atomic mass is 9.95. The first-order valence-corrected chi connectivity index (χ1v) is 8.56. The van der Waals surface area contributed by atoms with Crippen molar-refractivity contribution in [3.8, 4) is 5.75 Å². The van der Waals surface area contributed by atoms with Gasteiger partial charge in [0, 0.05) is 6.54 Å². The van der Waals surface area contributed by atoms with E-state index in [1.54, 1.807) is 6.92 Å². The molecule has 1 saturated carbocycles. The van der Waals surface area contributed by atoms with E-state index in [9.17, 15) is 4.79 Å². The molecule has 1 aliphatic rings. The molecule has 0 aliphatic heterocycles. The minimum atomic E-state index is -0.538. The van der Waals surface area contributed by atoms with Crippen molar-refractivity contribution in [2.24, 2.45) is 11.7 Å². The van der Waals surface area contributed by atoms with E-state index in [0.717, 1.165) is 18.6 Å². The fourth-order valence-electron chi connectivity index (χ4n) is 3.05. The van der Waals surface area contributed by atoms with Crippen LogP contribution in [0.1, 0.15) is 57.6 Å². The topological polar surface area (TPSA) is 64.3 Å². The molecule has 0 heterocycles. The third kappa shape index (κ3) is 4.25. The maximum absolute atomic E-state index is 12.4. The number of nitrogens with one attached hydrogen (secondary N) is 1. The van der Waals surface area contributed by atoms with Crippen LogP contribution in [0.15, 0.2) is 18.2 Å². The fraction of sp³-hybridized carbons (Fsp3) is 0.632. The number of carbonyl (C=O) groups excluding carboxylic acids is 1. The molecule has 0 bridgehead atoms. The zero-order valence-corrected chi connectivity index (χ0v) is 15.0. The number of rotatable bonds is 7. The van der Waals surface area contributed by atoms with Crippen LogP contribution >= 0.6 is 0 Å². The first-order chi connectivity index (χ1) is 10.8. The molecule has 4 nitrogen and oxygen atoms in total. The Kier molecular flexibility index (Phi) is 5.35. The molecule has 128 valence electrons. The lowest BCUT2D eigenvalue weighted by Crippen LogP contribution is -2.56. The summed E-state index contributed by atoms with van der Waals surface area (Å²) in [4.78, 5) is 12.4. The number of hydrogen-bond acceptors (Lipinski definition) is 3. The molecule has 1 amide bonds. The Labute approximate surface area is 139 Å². The average molecular weight is 318 g/mol. The summed E-state index contributed by atoms with van der Waals surface area (Å²) in [6.07, 6.45) is 1.74. The van der Waals surface area contributed by atoms with Crippen molar-refractivity contribution < 1.29 is 9.53 Å². The van der Waals surface area contributed by atoms with E-state index in [1.807, 2.05) is 19.1 Å². The average Bonchev–Trinajstić information content (AvgIpc) is 3.31. The highest BCUT2D eigenvalue weighted by Gasteiger charge is 2.42. The van der Waals surface area contributed by atoms with Crippen LogP contribution in [0.2, 0.25) is 0 Å². The Balaban J connectivity index is 1.99. The normalized spacial score (nSPS) is 18.4. The van der Waals surface area contributed by atoms with Gasteiger partial charge in [-0.05, 0) is 68.7 Å². The molecule has 1 aromatic carbocycles. The number of ether oxygens (including phenoxy) is 1. The Hall–Kier alpha value is -1.55. The molecule has 1 aliphatic carbocycles. The van der Waals surface area contributed by atoms with Crippen molar-refractivity contribution in [2.75, 3.05) is 6.54 Å². The lowest BCUT2D eigenvalue weighted by Gasteiger charge is -2.31. The fourth-order valence-corrected chi connectivity index (χ4v) is 3.05. The monoisotopic (exact) mass is 318 g/mol. The molecule has 2 atom stereocenters. The summed E-state index contributed by atoms with van der Waals surface area (Å²) in [5.74, 6) is 1.61. The number of amides is 1. The van der Waals surface area contributed by atoms with E-state index in [-0.39, 0.29) is 11.4 Å². The van der Waals surface area contributed by atoms with Crippen molar-refractivity contribution in [1.82, 2.24) is 5.32 Å². The number of carbonyl (C=O) groups is 1. The second-order valence-electron chi connectivity index (χ2n) is 7.32. The molecule has 1 fully saturated rings. The molecule has 0 aromatic heterocycles. The molecule has 2 unspecified atom stereocenters. The van der Waals surface area contributed by atoms with Crippen LogP contribution in [-0.4, -0.2) is 24.1 Å². The van der Waals surface area contributed by atoms with Crippen LogP contribution in [0.5, 0.6) is 5.75 Å². The van der Waals surface area contributed by atoms with E-state index in [2.05, 4.69) is 32.2 Å². The Bertz CT molecular complexity index is 566. The van der Waals surface area contributed by atoms with E-state index < -0.39 is 6.10 Å². The van der Waals surface area contributed by atoms with Gasteiger partial charge in [-0.1, -0.05) is 19.9 Å². The Morgan fingerprint density at radius 2 is 2.04 bits per heavy atom. The van der Waals surface area contributed by atoms with E-state index in [1.165, 1.54) is 11.1 Å². The van der Waals surface area contributed by atoms with Crippen LogP contribution in [-0.2, 0) is 4.79 Å². The second-order valence-corrected chi connectivity index (χ2v) is 7.32. The zero-order chi connectivity index (χ0) is 17.2. The predicted octanol–water partition coefficient (Wildman–Crippen LogP) is 3.13. The lowest BCUT2D eigenvalue weighted by molar-refractivity contribution is -0.129. The van der Waals surface area contributed by atoms with E-state index in [4.69, 9.17) is 10.5 Å². The van der Waals surface area contributed by atoms with Crippen molar-refractivity contribution in [1.29, 1.82) is 0 Å². The quantitative estimate of drug-likeness (QED) is 0.812. The molecule has 0 radical (unpaired) electrons. The van der Waals surface area contributed by atoms with Gasteiger partial charge in [0.25, 0.3) is 5.91 Å². The summed E-state index contributed by atoms with van der Waals surface area (Å²) in [6.45, 7) is 10.7. The van der Waals surface area contributed by atoms with Gasteiger partial charge in [-0.15, -0.1) is 0 Å². The summed E-state index contributed by atoms with van der Waals surface area (Å²) in [7, 11) is 0. The summed E-state index contributed by atoms with van der Waals surface area (Å²) in [5.41, 5.74) is 8.04. The minimum absolute atomic E-state index is 0.101. The minimum Gasteiger partial charge on any atom is -0.481 e. The van der Waals surface area contributed by atoms with Gasteiger partial charge in [0.1, 0.15) is 5.75 Å². The second kappa shape index (κ2) is 6.91. The molecular weight excluding hydrogens is 288 g/mol. The highest BCUT2D eigenvalue weighted by molar-refractivity contribution is 5.81. The van der Waals surface area contributed by atoms with E-state index >= 15 is 0 Å². The van der Waals surface area contributed by atoms with Gasteiger partial charge in [-0.3, -0.25) is 4.79 Å². The van der Waals surface area contributed by atoms with Gasteiger partial charge in [-0.25, -0.2) is 0 Å². The van der Waals surface area contributed by atoms with Gasteiger partial charge < -0.3 is 15.8 Å². The Morgan fingerprint density at radius 1 is 1.39 bits per heavy atom. The zero-order valence-electron chi connectivity index (χ0n) is 15.0. The van der Waals surface area contributed by atoms with Crippen molar-refractivity contribution >= 4 is 5.91 Å². The van der Waals surface area contributed by atoms with Crippen molar-refractivity contribution in [3.63, 3.8) is 0 Å². The summed E-state index contributed by atoms with van der Waals surface area (Å²) in [6, 6.07) is 6.02. The molecule has 2 rings (SSSR count). The molecule has 0 spiro atoms. The molecular formula is C19H30N2O2. The Morgan fingerprint density at radius 3 is 2.52 bits per heavy atom. The third-order valence-electron chi connectivity index (χ3n) is 4.86. The predicted molar refractivity (Wildman–Crippen MR) is 93.7 cm³/mol. The summed E-state index contributed by atoms with van der Waals surface area (Å²) in [5, 5.41) is 3.08. The number of aryl methyl sites for hydroxylation is 1. The summed E-state index contributed by atoms with van der Waals surface area (Å²) < 4.78 is 5.83. The molecule has 3 N–H and O–H groups in total. The molecule has 23 heavy (non-hydrogen) atoms. The maximum atomic E-state index is 12.4. The molecule has 0 saturated heterocycles. The van der Waals surface area contributed by atoms with Gasteiger partial charge in [0.2, 0.25) is 0 Å². The van der Waals surface area contributed by atoms with Crippen LogP contribution in [0.4, 0.5) is 0 Å². The smallest absolute Gasteiger partial charge is 0.261 e. The third-order valence-corrected chi connectivity index (χ3v) is 4.86. The van der Waals surface area contributed by atoms with Crippen molar-refractivity contribution in [3.05, 3.63) is 29.3 Å².